The summed E-state index contributed by atoms with van der Waals surface area (Å²) in [6, 6.07) is 14.1. The van der Waals surface area contributed by atoms with E-state index in [-0.39, 0.29) is 24.0 Å². The van der Waals surface area contributed by atoms with E-state index < -0.39 is 17.5 Å². The third kappa shape index (κ3) is 5.73. The Morgan fingerprint density at radius 3 is 2.39 bits per heavy atom. The van der Waals surface area contributed by atoms with Crippen molar-refractivity contribution in [2.24, 2.45) is 0 Å². The number of nitrogens with zero attached hydrogens (tertiary/aromatic N) is 3. The van der Waals surface area contributed by atoms with Crippen LogP contribution in [0.1, 0.15) is 54.8 Å². The summed E-state index contributed by atoms with van der Waals surface area (Å²) in [4.78, 5) is 28.3. The first-order valence-electron chi connectivity index (χ1n) is 10.00. The van der Waals surface area contributed by atoms with Gasteiger partial charge in [-0.3, -0.25) is 9.59 Å². The molecule has 3 aromatic rings. The van der Waals surface area contributed by atoms with E-state index in [2.05, 4.69) is 14.9 Å². The molecule has 0 bridgehead atoms. The number of hydrogen-bond acceptors (Lipinski definition) is 5. The summed E-state index contributed by atoms with van der Waals surface area (Å²) in [7, 11) is 0. The third-order valence-electron chi connectivity index (χ3n) is 5.13. The van der Waals surface area contributed by atoms with Crippen LogP contribution in [-0.2, 0) is 11.3 Å². The highest BCUT2D eigenvalue weighted by Gasteiger charge is 2.35. The first kappa shape index (κ1) is 22.6. The number of amides is 2. The smallest absolute Gasteiger partial charge is 0.276 e. The molecule has 162 valence electrons. The van der Waals surface area contributed by atoms with Crippen molar-refractivity contribution in [2.75, 3.05) is 0 Å². The summed E-state index contributed by atoms with van der Waals surface area (Å²) in [6.45, 7) is 5.96. The Morgan fingerprint density at radius 1 is 1.13 bits per heavy atom. The minimum Gasteiger partial charge on any atom is -0.349 e. The van der Waals surface area contributed by atoms with Gasteiger partial charge in [0, 0.05) is 17.5 Å². The topological polar surface area (TPSA) is 75.2 Å². The van der Waals surface area contributed by atoms with Gasteiger partial charge in [0.1, 0.15) is 11.9 Å². The lowest BCUT2D eigenvalue weighted by Crippen LogP contribution is -2.50. The van der Waals surface area contributed by atoms with Crippen molar-refractivity contribution in [1.82, 2.24) is 19.8 Å². The maximum Gasteiger partial charge on any atom is 0.276 e. The van der Waals surface area contributed by atoms with E-state index in [4.69, 9.17) is 0 Å². The molecule has 2 aromatic carbocycles. The van der Waals surface area contributed by atoms with Gasteiger partial charge in [-0.05, 0) is 55.1 Å². The maximum atomic E-state index is 13.5. The maximum absolute atomic E-state index is 13.5. The molecular formula is C23H25FN4O2S. The second kappa shape index (κ2) is 9.78. The van der Waals surface area contributed by atoms with Crippen LogP contribution in [0, 0.1) is 5.82 Å². The highest BCUT2D eigenvalue weighted by Crippen LogP contribution is 2.27. The molecule has 8 heteroatoms. The fraction of sp³-hybridized carbons (Fsp3) is 0.304. The zero-order valence-electron chi connectivity index (χ0n) is 17.7. The van der Waals surface area contributed by atoms with E-state index in [1.54, 1.807) is 17.5 Å². The zero-order chi connectivity index (χ0) is 22.4. The van der Waals surface area contributed by atoms with Crippen molar-refractivity contribution in [3.8, 4) is 0 Å². The van der Waals surface area contributed by atoms with E-state index in [9.17, 15) is 14.0 Å². The van der Waals surface area contributed by atoms with Crippen molar-refractivity contribution in [3.63, 3.8) is 0 Å². The van der Waals surface area contributed by atoms with Gasteiger partial charge in [-0.1, -0.05) is 53.9 Å². The SMILES string of the molecule is CCC(C)(C)NC(=O)C(c1ccccc1)N(Cc1ccc(F)cc1)C(=O)c1csnn1. The van der Waals surface area contributed by atoms with Crippen LogP contribution in [0.5, 0.6) is 0 Å². The summed E-state index contributed by atoms with van der Waals surface area (Å²) < 4.78 is 17.2. The van der Waals surface area contributed by atoms with E-state index in [0.29, 0.717) is 11.1 Å². The molecule has 0 aliphatic heterocycles. The Morgan fingerprint density at radius 2 is 1.81 bits per heavy atom. The quantitative estimate of drug-likeness (QED) is 0.565. The number of carbonyl (C=O) groups is 2. The molecule has 0 spiro atoms. The van der Waals surface area contributed by atoms with Crippen LogP contribution in [0.3, 0.4) is 0 Å². The zero-order valence-corrected chi connectivity index (χ0v) is 18.5. The predicted octanol–water partition coefficient (Wildman–Crippen LogP) is 4.37. The average molecular weight is 441 g/mol. The fourth-order valence-electron chi connectivity index (χ4n) is 3.07. The lowest BCUT2D eigenvalue weighted by molar-refractivity contribution is -0.127. The summed E-state index contributed by atoms with van der Waals surface area (Å²) in [5, 5.41) is 8.51. The molecule has 1 atom stereocenters. The van der Waals surface area contributed by atoms with Crippen molar-refractivity contribution in [2.45, 2.75) is 45.3 Å². The average Bonchev–Trinajstić information content (AvgIpc) is 3.29. The van der Waals surface area contributed by atoms with Gasteiger partial charge in [0.05, 0.1) is 0 Å². The van der Waals surface area contributed by atoms with E-state index >= 15 is 0 Å². The van der Waals surface area contributed by atoms with Crippen molar-refractivity contribution >= 4 is 23.3 Å². The molecular weight excluding hydrogens is 415 g/mol. The normalized spacial score (nSPS) is 12.3. The molecule has 1 N–H and O–H groups in total. The van der Waals surface area contributed by atoms with Gasteiger partial charge in [-0.25, -0.2) is 4.39 Å². The van der Waals surface area contributed by atoms with Crippen LogP contribution in [0.2, 0.25) is 0 Å². The molecule has 0 aliphatic carbocycles. The number of benzene rings is 2. The molecule has 1 heterocycles. The fourth-order valence-corrected chi connectivity index (χ4v) is 3.50. The summed E-state index contributed by atoms with van der Waals surface area (Å²) >= 11 is 1.06. The monoisotopic (exact) mass is 440 g/mol. The predicted molar refractivity (Wildman–Crippen MR) is 118 cm³/mol. The molecule has 0 aliphatic rings. The molecule has 0 saturated carbocycles. The van der Waals surface area contributed by atoms with Gasteiger partial charge < -0.3 is 10.2 Å². The lowest BCUT2D eigenvalue weighted by Gasteiger charge is -2.34. The number of aromatic nitrogens is 2. The highest BCUT2D eigenvalue weighted by atomic mass is 32.1. The van der Waals surface area contributed by atoms with Crippen LogP contribution in [-0.4, -0.2) is 31.8 Å². The molecule has 2 amide bonds. The molecule has 6 nitrogen and oxygen atoms in total. The van der Waals surface area contributed by atoms with Gasteiger partial charge in [-0.2, -0.15) is 0 Å². The molecule has 3 rings (SSSR count). The first-order chi connectivity index (χ1) is 14.8. The van der Waals surface area contributed by atoms with Gasteiger partial charge in [0.25, 0.3) is 5.91 Å². The van der Waals surface area contributed by atoms with Crippen LogP contribution in [0.15, 0.2) is 60.0 Å². The molecule has 1 unspecified atom stereocenters. The summed E-state index contributed by atoms with van der Waals surface area (Å²) in [5.41, 5.74) is 1.08. The largest absolute Gasteiger partial charge is 0.349 e. The van der Waals surface area contributed by atoms with E-state index in [1.807, 2.05) is 51.1 Å². The highest BCUT2D eigenvalue weighted by molar-refractivity contribution is 7.03. The number of carbonyl (C=O) groups excluding carboxylic acids is 2. The Labute approximate surface area is 185 Å². The van der Waals surface area contributed by atoms with Crippen molar-refractivity contribution in [3.05, 3.63) is 82.6 Å². The molecule has 1 aromatic heterocycles. The van der Waals surface area contributed by atoms with Crippen molar-refractivity contribution in [1.29, 1.82) is 0 Å². The summed E-state index contributed by atoms with van der Waals surface area (Å²) in [5.74, 6) is -1.08. The van der Waals surface area contributed by atoms with Crippen LogP contribution in [0.4, 0.5) is 4.39 Å². The second-order valence-corrected chi connectivity index (χ2v) is 8.50. The lowest BCUT2D eigenvalue weighted by atomic mass is 9.98. The van der Waals surface area contributed by atoms with Gasteiger partial charge >= 0.3 is 0 Å². The van der Waals surface area contributed by atoms with Gasteiger partial charge in [-0.15, -0.1) is 5.10 Å². The molecule has 0 radical (unpaired) electrons. The van der Waals surface area contributed by atoms with Gasteiger partial charge in [0.2, 0.25) is 5.91 Å². The molecule has 0 fully saturated rings. The Hall–Kier alpha value is -3.13. The van der Waals surface area contributed by atoms with E-state index in [0.717, 1.165) is 18.0 Å². The van der Waals surface area contributed by atoms with Crippen LogP contribution < -0.4 is 5.32 Å². The first-order valence-corrected chi connectivity index (χ1v) is 10.8. The third-order valence-corrected chi connectivity index (χ3v) is 5.63. The van der Waals surface area contributed by atoms with E-state index in [1.165, 1.54) is 17.0 Å². The second-order valence-electron chi connectivity index (χ2n) is 7.89. The number of hydrogen-bond donors (Lipinski definition) is 1. The minimum atomic E-state index is -0.897. The Kier molecular flexibility index (Phi) is 7.12. The summed E-state index contributed by atoms with van der Waals surface area (Å²) in [6.07, 6.45) is 0.724. The Balaban J connectivity index is 2.05. The van der Waals surface area contributed by atoms with Crippen molar-refractivity contribution < 1.29 is 14.0 Å². The van der Waals surface area contributed by atoms with Crippen LogP contribution in [0.25, 0.3) is 0 Å². The number of nitrogens with one attached hydrogen (secondary N) is 1. The Bertz CT molecular complexity index is 1010. The standard InChI is InChI=1S/C23H25FN4O2S/c1-4-23(2,3)25-21(29)20(17-8-6-5-7-9-17)28(22(30)19-15-31-27-26-19)14-16-10-12-18(24)13-11-16/h5-13,15,20H,4,14H2,1-3H3,(H,25,29). The number of halogens is 1. The molecule has 31 heavy (non-hydrogen) atoms. The minimum absolute atomic E-state index is 0.107. The van der Waals surface area contributed by atoms with Crippen LogP contribution >= 0.6 is 11.5 Å². The number of rotatable bonds is 8. The molecule has 0 saturated heterocycles. The van der Waals surface area contributed by atoms with Gasteiger partial charge in [0.15, 0.2) is 5.69 Å².